The van der Waals surface area contributed by atoms with E-state index in [4.69, 9.17) is 11.6 Å². The first-order valence-corrected chi connectivity index (χ1v) is 12.5. The Hall–Kier alpha value is -3.46. The quantitative estimate of drug-likeness (QED) is 0.282. The van der Waals surface area contributed by atoms with E-state index in [0.29, 0.717) is 10.9 Å². The first-order valence-electron chi connectivity index (χ1n) is 10.3. The molecule has 1 N–H and O–H groups in total. The standard InChI is InChI=1S/C25H17ClN4O2S2/c26-18-12-10-16(11-13-18)14-20-24(32)30(23(27-20)17-6-2-1-3-7-17)29-22(31)15-33-25-28-19-8-4-5-9-21(19)34-25/h1-14H,15H2,(H,29,31)/b20-14-. The summed E-state index contributed by atoms with van der Waals surface area (Å²) in [6.45, 7) is 0. The van der Waals surface area contributed by atoms with Gasteiger partial charge in [0.05, 0.1) is 16.0 Å². The summed E-state index contributed by atoms with van der Waals surface area (Å²) in [6.07, 6.45) is 1.67. The van der Waals surface area contributed by atoms with Gasteiger partial charge in [-0.2, -0.15) is 5.01 Å². The molecular formula is C25H17ClN4O2S2. The smallest absolute Gasteiger partial charge is 0.272 e. The lowest BCUT2D eigenvalue weighted by atomic mass is 10.2. The molecule has 4 aromatic rings. The van der Waals surface area contributed by atoms with Gasteiger partial charge in [0.1, 0.15) is 5.70 Å². The number of fused-ring (bicyclic) bond motifs is 1. The molecule has 1 aliphatic heterocycles. The third-order valence-electron chi connectivity index (χ3n) is 4.90. The normalized spacial score (nSPS) is 14.6. The minimum atomic E-state index is -0.410. The van der Waals surface area contributed by atoms with Crippen LogP contribution in [-0.4, -0.2) is 33.4 Å². The number of halogens is 1. The molecule has 0 radical (unpaired) electrons. The SMILES string of the molecule is O=C(CSc1nc2ccccc2s1)NN1C(=O)/C(=C/c2ccc(Cl)cc2)N=C1c1ccccc1. The average Bonchev–Trinajstić information content (AvgIpc) is 3.41. The van der Waals surface area contributed by atoms with Crippen LogP contribution in [0.4, 0.5) is 0 Å². The molecule has 6 nitrogen and oxygen atoms in total. The van der Waals surface area contributed by atoms with Gasteiger partial charge >= 0.3 is 0 Å². The fourth-order valence-electron chi connectivity index (χ4n) is 3.32. The van der Waals surface area contributed by atoms with E-state index in [1.807, 2.05) is 54.6 Å². The molecule has 3 aromatic carbocycles. The number of rotatable bonds is 6. The summed E-state index contributed by atoms with van der Waals surface area (Å²) in [4.78, 5) is 35.0. The summed E-state index contributed by atoms with van der Waals surface area (Å²) < 4.78 is 1.86. The Morgan fingerprint density at radius 2 is 1.76 bits per heavy atom. The molecule has 9 heteroatoms. The van der Waals surface area contributed by atoms with Crippen LogP contribution in [0.25, 0.3) is 16.3 Å². The van der Waals surface area contributed by atoms with Crippen LogP contribution in [0.15, 0.2) is 93.9 Å². The highest BCUT2D eigenvalue weighted by Crippen LogP contribution is 2.29. The van der Waals surface area contributed by atoms with Gasteiger partial charge in [-0.15, -0.1) is 11.3 Å². The minimum absolute atomic E-state index is 0.113. The molecule has 1 aromatic heterocycles. The molecule has 2 heterocycles. The summed E-state index contributed by atoms with van der Waals surface area (Å²) >= 11 is 8.82. The van der Waals surface area contributed by atoms with Crippen molar-refractivity contribution < 1.29 is 9.59 Å². The fourth-order valence-corrected chi connectivity index (χ4v) is 5.30. The van der Waals surface area contributed by atoms with Gasteiger partial charge in [-0.25, -0.2) is 9.98 Å². The van der Waals surface area contributed by atoms with Crippen molar-refractivity contribution in [2.45, 2.75) is 4.34 Å². The van der Waals surface area contributed by atoms with Crippen LogP contribution in [0, 0.1) is 0 Å². The highest BCUT2D eigenvalue weighted by Gasteiger charge is 2.32. The number of aliphatic imine (C=N–C) groups is 1. The second-order valence-electron chi connectivity index (χ2n) is 7.29. The Labute approximate surface area is 209 Å². The number of thiazole rings is 1. The molecule has 0 saturated carbocycles. The lowest BCUT2D eigenvalue weighted by Gasteiger charge is -2.19. The molecule has 5 rings (SSSR count). The molecule has 2 amide bonds. The number of amidine groups is 1. The summed E-state index contributed by atoms with van der Waals surface area (Å²) in [7, 11) is 0. The number of para-hydroxylation sites is 1. The van der Waals surface area contributed by atoms with E-state index in [2.05, 4.69) is 15.4 Å². The molecular weight excluding hydrogens is 488 g/mol. The van der Waals surface area contributed by atoms with Crippen LogP contribution in [0.1, 0.15) is 11.1 Å². The zero-order chi connectivity index (χ0) is 23.5. The van der Waals surface area contributed by atoms with Crippen molar-refractivity contribution in [2.24, 2.45) is 4.99 Å². The highest BCUT2D eigenvalue weighted by molar-refractivity contribution is 8.01. The Morgan fingerprint density at radius 1 is 1.03 bits per heavy atom. The third kappa shape index (κ3) is 4.89. The van der Waals surface area contributed by atoms with Crippen LogP contribution in [0.3, 0.4) is 0 Å². The Bertz CT molecular complexity index is 1400. The maximum Gasteiger partial charge on any atom is 0.297 e. The summed E-state index contributed by atoms with van der Waals surface area (Å²) in [6, 6.07) is 24.2. The van der Waals surface area contributed by atoms with Crippen molar-refractivity contribution in [2.75, 3.05) is 5.75 Å². The molecule has 0 atom stereocenters. The van der Waals surface area contributed by atoms with E-state index < -0.39 is 5.91 Å². The van der Waals surface area contributed by atoms with E-state index in [0.717, 1.165) is 25.7 Å². The zero-order valence-corrected chi connectivity index (χ0v) is 20.0. The maximum absolute atomic E-state index is 13.2. The Balaban J connectivity index is 1.35. The highest BCUT2D eigenvalue weighted by atomic mass is 35.5. The number of nitrogens with zero attached hydrogens (tertiary/aromatic N) is 3. The third-order valence-corrected chi connectivity index (χ3v) is 7.33. The van der Waals surface area contributed by atoms with E-state index >= 15 is 0 Å². The van der Waals surface area contributed by atoms with Crippen molar-refractivity contribution >= 4 is 68.6 Å². The van der Waals surface area contributed by atoms with E-state index in [-0.39, 0.29) is 17.4 Å². The number of hydrogen-bond acceptors (Lipinski definition) is 6. The van der Waals surface area contributed by atoms with Crippen LogP contribution in [0.5, 0.6) is 0 Å². The number of carbonyl (C=O) groups is 2. The molecule has 34 heavy (non-hydrogen) atoms. The molecule has 0 fully saturated rings. The summed E-state index contributed by atoms with van der Waals surface area (Å²) in [5.74, 6) is -0.257. The average molecular weight is 505 g/mol. The van der Waals surface area contributed by atoms with Gasteiger partial charge in [0, 0.05) is 10.6 Å². The van der Waals surface area contributed by atoms with E-state index in [9.17, 15) is 9.59 Å². The molecule has 0 bridgehead atoms. The first-order chi connectivity index (χ1) is 16.6. The number of benzene rings is 3. The largest absolute Gasteiger partial charge is 0.297 e. The van der Waals surface area contributed by atoms with Crippen LogP contribution < -0.4 is 5.43 Å². The van der Waals surface area contributed by atoms with Gasteiger partial charge in [0.25, 0.3) is 5.91 Å². The monoisotopic (exact) mass is 504 g/mol. The predicted octanol–water partition coefficient (Wildman–Crippen LogP) is 5.40. The Kier molecular flexibility index (Phi) is 6.44. The second kappa shape index (κ2) is 9.80. The van der Waals surface area contributed by atoms with E-state index in [1.165, 1.54) is 28.1 Å². The molecule has 0 spiro atoms. The van der Waals surface area contributed by atoms with Crippen molar-refractivity contribution in [1.29, 1.82) is 0 Å². The molecule has 1 aliphatic rings. The first kappa shape index (κ1) is 22.3. The predicted molar refractivity (Wildman–Crippen MR) is 138 cm³/mol. The molecule has 168 valence electrons. The number of thioether (sulfide) groups is 1. The van der Waals surface area contributed by atoms with Crippen LogP contribution in [-0.2, 0) is 9.59 Å². The molecule has 0 aliphatic carbocycles. The molecule has 0 saturated heterocycles. The van der Waals surface area contributed by atoms with Crippen LogP contribution in [0.2, 0.25) is 5.02 Å². The molecule has 0 unspecified atom stereocenters. The Morgan fingerprint density at radius 3 is 2.53 bits per heavy atom. The minimum Gasteiger partial charge on any atom is -0.272 e. The van der Waals surface area contributed by atoms with Crippen molar-refractivity contribution in [3.05, 3.63) is 101 Å². The van der Waals surface area contributed by atoms with Gasteiger partial charge in [-0.05, 0) is 35.9 Å². The van der Waals surface area contributed by atoms with Gasteiger partial charge < -0.3 is 0 Å². The number of aromatic nitrogens is 1. The summed E-state index contributed by atoms with van der Waals surface area (Å²) in [5.41, 5.74) is 5.34. The number of nitrogens with one attached hydrogen (secondary N) is 1. The summed E-state index contributed by atoms with van der Waals surface area (Å²) in [5, 5.41) is 1.81. The van der Waals surface area contributed by atoms with Crippen molar-refractivity contribution in [1.82, 2.24) is 15.4 Å². The van der Waals surface area contributed by atoms with Crippen molar-refractivity contribution in [3.8, 4) is 0 Å². The second-order valence-corrected chi connectivity index (χ2v) is 9.98. The fraction of sp³-hybridized carbons (Fsp3) is 0.0400. The van der Waals surface area contributed by atoms with Gasteiger partial charge in [-0.3, -0.25) is 15.0 Å². The van der Waals surface area contributed by atoms with Crippen molar-refractivity contribution in [3.63, 3.8) is 0 Å². The van der Waals surface area contributed by atoms with Gasteiger partial charge in [-0.1, -0.05) is 78.0 Å². The lowest BCUT2D eigenvalue weighted by Crippen LogP contribution is -2.48. The lowest BCUT2D eigenvalue weighted by molar-refractivity contribution is -0.132. The number of hydrazine groups is 1. The number of amides is 2. The zero-order valence-electron chi connectivity index (χ0n) is 17.6. The van der Waals surface area contributed by atoms with Gasteiger partial charge in [0.15, 0.2) is 10.2 Å². The number of hydrogen-bond donors (Lipinski definition) is 1. The van der Waals surface area contributed by atoms with Crippen LogP contribution >= 0.6 is 34.7 Å². The maximum atomic E-state index is 13.2. The van der Waals surface area contributed by atoms with Gasteiger partial charge in [0.2, 0.25) is 5.91 Å². The van der Waals surface area contributed by atoms with E-state index in [1.54, 1.807) is 30.3 Å². The number of carbonyl (C=O) groups excluding carboxylic acids is 2. The topological polar surface area (TPSA) is 74.7 Å².